The van der Waals surface area contributed by atoms with Crippen LogP contribution in [0.1, 0.15) is 21.2 Å². The second kappa shape index (κ2) is 5.57. The Morgan fingerprint density at radius 2 is 2.09 bits per heavy atom. The Kier molecular flexibility index (Phi) is 3.72. The highest BCUT2D eigenvalue weighted by Crippen LogP contribution is 2.28. The molecule has 0 saturated heterocycles. The van der Waals surface area contributed by atoms with Gasteiger partial charge in [0, 0.05) is 5.56 Å². The van der Waals surface area contributed by atoms with Crippen molar-refractivity contribution in [2.45, 2.75) is 12.7 Å². The Balaban J connectivity index is 1.75. The van der Waals surface area contributed by atoms with E-state index in [0.717, 1.165) is 17.4 Å². The van der Waals surface area contributed by atoms with E-state index in [-0.39, 0.29) is 22.1 Å². The molecule has 1 aromatic carbocycles. The number of aromatic nitrogens is 4. The summed E-state index contributed by atoms with van der Waals surface area (Å²) in [7, 11) is 0. The number of alkyl halides is 3. The fraction of sp³-hybridized carbons (Fsp3) is 0.167. The first-order chi connectivity index (χ1) is 10.8. The third kappa shape index (κ3) is 3.13. The maximum Gasteiger partial charge on any atom is 0.453 e. The van der Waals surface area contributed by atoms with Crippen LogP contribution < -0.4 is 5.32 Å². The average Bonchev–Trinajstić information content (AvgIpc) is 3.03. The number of amides is 1. The molecule has 0 spiro atoms. The van der Waals surface area contributed by atoms with Crippen LogP contribution >= 0.6 is 11.3 Å². The lowest BCUT2D eigenvalue weighted by molar-refractivity contribution is -0.146. The Labute approximate surface area is 129 Å². The van der Waals surface area contributed by atoms with Gasteiger partial charge in [0.2, 0.25) is 4.96 Å². The fourth-order valence-electron chi connectivity index (χ4n) is 1.79. The SMILES string of the molecule is O=C(NCc1nn2c(C(F)(F)F)nnc2s1)c1cccc(F)c1. The van der Waals surface area contributed by atoms with Gasteiger partial charge in [-0.3, -0.25) is 4.79 Å². The fourth-order valence-corrected chi connectivity index (χ4v) is 2.57. The summed E-state index contributed by atoms with van der Waals surface area (Å²) in [6, 6.07) is 5.04. The largest absolute Gasteiger partial charge is 0.453 e. The molecule has 0 aliphatic rings. The number of nitrogens with zero attached hydrogens (tertiary/aromatic N) is 4. The molecule has 2 aromatic heterocycles. The molecule has 23 heavy (non-hydrogen) atoms. The lowest BCUT2D eigenvalue weighted by Gasteiger charge is -2.03. The summed E-state index contributed by atoms with van der Waals surface area (Å²) in [4.78, 5) is 11.8. The second-order valence-corrected chi connectivity index (χ2v) is 5.45. The molecule has 120 valence electrons. The summed E-state index contributed by atoms with van der Waals surface area (Å²) in [6.45, 7) is -0.110. The van der Waals surface area contributed by atoms with Crippen LogP contribution in [0.5, 0.6) is 0 Å². The van der Waals surface area contributed by atoms with Gasteiger partial charge in [0.1, 0.15) is 10.8 Å². The molecule has 3 rings (SSSR count). The lowest BCUT2D eigenvalue weighted by Crippen LogP contribution is -2.23. The minimum Gasteiger partial charge on any atom is -0.345 e. The van der Waals surface area contributed by atoms with Crippen molar-refractivity contribution in [1.29, 1.82) is 0 Å². The van der Waals surface area contributed by atoms with Crippen LogP contribution in [0, 0.1) is 5.82 Å². The lowest BCUT2D eigenvalue weighted by atomic mass is 10.2. The zero-order valence-corrected chi connectivity index (χ0v) is 12.0. The Hall–Kier alpha value is -2.56. The maximum absolute atomic E-state index is 13.0. The average molecular weight is 345 g/mol. The number of carbonyl (C=O) groups excluding carboxylic acids is 1. The number of halogens is 4. The molecule has 3 aromatic rings. The second-order valence-electron chi connectivity index (χ2n) is 4.40. The molecule has 11 heteroatoms. The predicted molar refractivity (Wildman–Crippen MR) is 71.2 cm³/mol. The number of hydrogen-bond acceptors (Lipinski definition) is 5. The Morgan fingerprint density at radius 1 is 1.30 bits per heavy atom. The van der Waals surface area contributed by atoms with E-state index in [1.54, 1.807) is 0 Å². The number of carbonyl (C=O) groups is 1. The van der Waals surface area contributed by atoms with E-state index < -0.39 is 23.7 Å². The number of hydrogen-bond donors (Lipinski definition) is 1. The molecule has 0 unspecified atom stereocenters. The molecule has 0 aliphatic heterocycles. The van der Waals surface area contributed by atoms with E-state index in [9.17, 15) is 22.4 Å². The van der Waals surface area contributed by atoms with Crippen LogP contribution in [-0.2, 0) is 12.7 Å². The van der Waals surface area contributed by atoms with Crippen LogP contribution in [0.2, 0.25) is 0 Å². The molecule has 6 nitrogen and oxygen atoms in total. The first-order valence-corrected chi connectivity index (χ1v) is 6.98. The van der Waals surface area contributed by atoms with Gasteiger partial charge in [-0.1, -0.05) is 17.4 Å². The standard InChI is InChI=1S/C12H7F4N5OS/c13-7-3-1-2-6(4-7)9(22)17-5-8-20-21-10(12(14,15)16)18-19-11(21)23-8/h1-4H,5H2,(H,17,22). The molecule has 1 N–H and O–H groups in total. The van der Waals surface area contributed by atoms with Gasteiger partial charge in [-0.05, 0) is 18.2 Å². The molecule has 2 heterocycles. The van der Waals surface area contributed by atoms with Crippen molar-refractivity contribution in [3.63, 3.8) is 0 Å². The zero-order valence-electron chi connectivity index (χ0n) is 11.1. The summed E-state index contributed by atoms with van der Waals surface area (Å²) in [6.07, 6.45) is -4.67. The molecule has 0 radical (unpaired) electrons. The van der Waals surface area contributed by atoms with E-state index in [1.165, 1.54) is 18.2 Å². The van der Waals surface area contributed by atoms with Crippen molar-refractivity contribution in [2.75, 3.05) is 0 Å². The summed E-state index contributed by atoms with van der Waals surface area (Å²) in [5, 5.41) is 12.8. The van der Waals surface area contributed by atoms with E-state index in [1.807, 2.05) is 0 Å². The smallest absolute Gasteiger partial charge is 0.345 e. The van der Waals surface area contributed by atoms with Crippen molar-refractivity contribution in [2.24, 2.45) is 0 Å². The summed E-state index contributed by atoms with van der Waals surface area (Å²) in [5.41, 5.74) is 0.101. The van der Waals surface area contributed by atoms with Crippen molar-refractivity contribution in [1.82, 2.24) is 25.1 Å². The van der Waals surface area contributed by atoms with E-state index >= 15 is 0 Å². The van der Waals surface area contributed by atoms with Crippen molar-refractivity contribution < 1.29 is 22.4 Å². The van der Waals surface area contributed by atoms with Crippen molar-refractivity contribution in [3.05, 3.63) is 46.5 Å². The molecular weight excluding hydrogens is 338 g/mol. The van der Waals surface area contributed by atoms with Crippen molar-refractivity contribution in [3.8, 4) is 0 Å². The topological polar surface area (TPSA) is 72.2 Å². The van der Waals surface area contributed by atoms with Gasteiger partial charge in [-0.2, -0.15) is 22.8 Å². The van der Waals surface area contributed by atoms with Crippen LogP contribution in [0.25, 0.3) is 4.96 Å². The first kappa shape index (κ1) is 15.3. The molecule has 0 fully saturated rings. The monoisotopic (exact) mass is 345 g/mol. The molecule has 0 saturated carbocycles. The van der Waals surface area contributed by atoms with Gasteiger partial charge in [0.15, 0.2) is 0 Å². The number of nitrogens with one attached hydrogen (secondary N) is 1. The predicted octanol–water partition coefficient (Wildman–Crippen LogP) is 2.27. The van der Waals surface area contributed by atoms with Gasteiger partial charge < -0.3 is 5.32 Å². The molecular formula is C12H7F4N5OS. The Morgan fingerprint density at radius 3 is 2.78 bits per heavy atom. The molecule has 0 bridgehead atoms. The van der Waals surface area contributed by atoms with Gasteiger partial charge in [0.25, 0.3) is 11.7 Å². The van der Waals surface area contributed by atoms with Crippen LogP contribution in [0.4, 0.5) is 17.6 Å². The number of benzene rings is 1. The quantitative estimate of drug-likeness (QED) is 0.739. The third-order valence-electron chi connectivity index (χ3n) is 2.77. The third-order valence-corrected chi connectivity index (χ3v) is 3.67. The van der Waals surface area contributed by atoms with Gasteiger partial charge >= 0.3 is 6.18 Å². The minimum atomic E-state index is -4.67. The summed E-state index contributed by atoms with van der Waals surface area (Å²) in [5.74, 6) is -2.36. The van der Waals surface area contributed by atoms with Crippen LogP contribution in [-0.4, -0.2) is 25.7 Å². The molecule has 0 atom stereocenters. The normalized spacial score (nSPS) is 11.8. The van der Waals surface area contributed by atoms with Crippen LogP contribution in [0.15, 0.2) is 24.3 Å². The van der Waals surface area contributed by atoms with E-state index in [0.29, 0.717) is 4.52 Å². The number of rotatable bonds is 3. The first-order valence-electron chi connectivity index (χ1n) is 6.16. The van der Waals surface area contributed by atoms with E-state index in [2.05, 4.69) is 20.6 Å². The summed E-state index contributed by atoms with van der Waals surface area (Å²) >= 11 is 0.864. The van der Waals surface area contributed by atoms with Crippen molar-refractivity contribution >= 4 is 22.2 Å². The highest BCUT2D eigenvalue weighted by molar-refractivity contribution is 7.16. The van der Waals surface area contributed by atoms with Gasteiger partial charge in [-0.25, -0.2) is 4.39 Å². The van der Waals surface area contributed by atoms with Gasteiger partial charge in [-0.15, -0.1) is 10.2 Å². The maximum atomic E-state index is 13.0. The highest BCUT2D eigenvalue weighted by Gasteiger charge is 2.38. The molecule has 1 amide bonds. The van der Waals surface area contributed by atoms with E-state index in [4.69, 9.17) is 0 Å². The van der Waals surface area contributed by atoms with Gasteiger partial charge in [0.05, 0.1) is 6.54 Å². The number of fused-ring (bicyclic) bond motifs is 1. The minimum absolute atomic E-state index is 0.0349. The van der Waals surface area contributed by atoms with Crippen LogP contribution in [0.3, 0.4) is 0 Å². The highest BCUT2D eigenvalue weighted by atomic mass is 32.1. The summed E-state index contributed by atoms with van der Waals surface area (Å²) < 4.78 is 51.6. The molecule has 0 aliphatic carbocycles. The zero-order chi connectivity index (χ0) is 16.6. The Bertz CT molecular complexity index is 872.